The molecule has 174 valence electrons. The Labute approximate surface area is 190 Å². The van der Waals surface area contributed by atoms with Crippen molar-refractivity contribution in [2.45, 2.75) is 71.0 Å². The molecular weight excluding hydrogens is 406 g/mol. The summed E-state index contributed by atoms with van der Waals surface area (Å²) in [5, 5.41) is 4.07. The molecule has 0 radical (unpaired) electrons. The van der Waals surface area contributed by atoms with Gasteiger partial charge in [-0.25, -0.2) is 0 Å². The van der Waals surface area contributed by atoms with E-state index in [4.69, 9.17) is 9.47 Å². The number of hydrogen-bond acceptors (Lipinski definition) is 4. The van der Waals surface area contributed by atoms with Gasteiger partial charge in [0.15, 0.2) is 0 Å². The third-order valence-electron chi connectivity index (χ3n) is 7.06. The Hall–Kier alpha value is -2.70. The molecule has 2 aromatic rings. The SMILES string of the molecule is COc1ccc(OC)c2c1cc1n2C[C@@](C)(C(=O)NC2CCCC2)N(CCC(C)C)C1=O. The Morgan fingerprint density at radius 2 is 1.84 bits per heavy atom. The second-order valence-electron chi connectivity index (χ2n) is 9.72. The highest BCUT2D eigenvalue weighted by Gasteiger charge is 2.48. The average Bonchev–Trinajstić information content (AvgIpc) is 3.41. The van der Waals surface area contributed by atoms with E-state index in [9.17, 15) is 9.59 Å². The van der Waals surface area contributed by atoms with Gasteiger partial charge in [0.2, 0.25) is 5.91 Å². The fraction of sp³-hybridized carbons (Fsp3) is 0.600. The Morgan fingerprint density at radius 3 is 2.47 bits per heavy atom. The Bertz CT molecular complexity index is 1020. The maximum atomic E-state index is 13.8. The summed E-state index contributed by atoms with van der Waals surface area (Å²) in [7, 11) is 3.24. The molecule has 1 fully saturated rings. The summed E-state index contributed by atoms with van der Waals surface area (Å²) < 4.78 is 13.1. The van der Waals surface area contributed by atoms with Crippen molar-refractivity contribution in [3.8, 4) is 11.5 Å². The molecular formula is C25H35N3O4. The third kappa shape index (κ3) is 3.71. The first-order valence-electron chi connectivity index (χ1n) is 11.7. The van der Waals surface area contributed by atoms with Crippen LogP contribution in [0, 0.1) is 5.92 Å². The lowest BCUT2D eigenvalue weighted by Crippen LogP contribution is -2.65. The van der Waals surface area contributed by atoms with Crippen LogP contribution in [0.1, 0.15) is 63.4 Å². The predicted molar refractivity (Wildman–Crippen MR) is 124 cm³/mol. The van der Waals surface area contributed by atoms with E-state index in [0.717, 1.165) is 43.0 Å². The topological polar surface area (TPSA) is 72.8 Å². The minimum absolute atomic E-state index is 0.0733. The number of methoxy groups -OCH3 is 2. The van der Waals surface area contributed by atoms with Gasteiger partial charge in [-0.05, 0) is 50.3 Å². The zero-order valence-corrected chi connectivity index (χ0v) is 19.9. The van der Waals surface area contributed by atoms with Crippen LogP contribution in [-0.4, -0.2) is 53.6 Å². The van der Waals surface area contributed by atoms with E-state index in [1.165, 1.54) is 0 Å². The second kappa shape index (κ2) is 8.68. The molecule has 0 spiro atoms. The fourth-order valence-corrected chi connectivity index (χ4v) is 5.10. The lowest BCUT2D eigenvalue weighted by molar-refractivity contribution is -0.133. The molecule has 2 heterocycles. The van der Waals surface area contributed by atoms with Crippen molar-refractivity contribution < 1.29 is 19.1 Å². The zero-order valence-electron chi connectivity index (χ0n) is 19.9. The first-order valence-corrected chi connectivity index (χ1v) is 11.7. The van der Waals surface area contributed by atoms with Crippen molar-refractivity contribution in [3.63, 3.8) is 0 Å². The molecule has 2 amide bonds. The second-order valence-corrected chi connectivity index (χ2v) is 9.72. The first-order chi connectivity index (χ1) is 15.3. The summed E-state index contributed by atoms with van der Waals surface area (Å²) in [6, 6.07) is 5.76. The van der Waals surface area contributed by atoms with Crippen molar-refractivity contribution in [2.75, 3.05) is 20.8 Å². The van der Waals surface area contributed by atoms with Crippen molar-refractivity contribution in [1.29, 1.82) is 0 Å². The molecule has 2 aliphatic rings. The molecule has 1 aromatic carbocycles. The van der Waals surface area contributed by atoms with Crippen LogP contribution in [0.4, 0.5) is 0 Å². The molecule has 0 unspecified atom stereocenters. The maximum absolute atomic E-state index is 13.8. The molecule has 0 bridgehead atoms. The van der Waals surface area contributed by atoms with E-state index in [2.05, 4.69) is 19.2 Å². The standard InChI is InChI=1S/C25H35N3O4/c1-16(2)12-13-28-23(29)19-14-18-20(31-4)10-11-21(32-5)22(18)27(19)15-25(28,3)24(30)26-17-8-6-7-9-17/h10-11,14,16-17H,6-9,12-13,15H2,1-5H3,(H,26,30)/t25-/m0/s1. The number of fused-ring (bicyclic) bond motifs is 3. The summed E-state index contributed by atoms with van der Waals surface area (Å²) in [5.41, 5.74) is 0.373. The molecule has 1 atom stereocenters. The molecule has 1 saturated carbocycles. The monoisotopic (exact) mass is 441 g/mol. The Kier molecular flexibility index (Phi) is 6.10. The first kappa shape index (κ1) is 22.5. The van der Waals surface area contributed by atoms with Gasteiger partial charge in [-0.3, -0.25) is 9.59 Å². The number of carbonyl (C=O) groups excluding carboxylic acids is 2. The van der Waals surface area contributed by atoms with Crippen molar-refractivity contribution in [2.24, 2.45) is 5.92 Å². The van der Waals surface area contributed by atoms with Gasteiger partial charge in [0.25, 0.3) is 5.91 Å². The van der Waals surface area contributed by atoms with E-state index in [0.29, 0.717) is 36.2 Å². The minimum Gasteiger partial charge on any atom is -0.496 e. The number of amides is 2. The normalized spacial score (nSPS) is 21.3. The van der Waals surface area contributed by atoms with Crippen LogP contribution in [0.25, 0.3) is 10.9 Å². The van der Waals surface area contributed by atoms with Gasteiger partial charge in [-0.15, -0.1) is 0 Å². The van der Waals surface area contributed by atoms with Crippen LogP contribution < -0.4 is 14.8 Å². The number of aromatic nitrogens is 1. The van der Waals surface area contributed by atoms with Gasteiger partial charge in [0.1, 0.15) is 22.7 Å². The minimum atomic E-state index is -0.985. The lowest BCUT2D eigenvalue weighted by Gasteiger charge is -2.44. The highest BCUT2D eigenvalue weighted by Crippen LogP contribution is 2.40. The maximum Gasteiger partial charge on any atom is 0.271 e. The van der Waals surface area contributed by atoms with Crippen LogP contribution in [0.15, 0.2) is 18.2 Å². The number of carbonyl (C=O) groups is 2. The largest absolute Gasteiger partial charge is 0.496 e. The number of nitrogens with one attached hydrogen (secondary N) is 1. The number of rotatable bonds is 7. The summed E-state index contributed by atoms with van der Waals surface area (Å²) in [4.78, 5) is 29.2. The quantitative estimate of drug-likeness (QED) is 0.706. The summed E-state index contributed by atoms with van der Waals surface area (Å²) in [6.45, 7) is 7.09. The van der Waals surface area contributed by atoms with Crippen molar-refractivity contribution in [1.82, 2.24) is 14.8 Å². The van der Waals surface area contributed by atoms with Crippen molar-refractivity contribution >= 4 is 22.7 Å². The molecule has 4 rings (SSSR count). The summed E-state index contributed by atoms with van der Waals surface area (Å²) >= 11 is 0. The molecule has 1 aliphatic carbocycles. The molecule has 7 nitrogen and oxygen atoms in total. The number of hydrogen-bond donors (Lipinski definition) is 1. The average molecular weight is 442 g/mol. The number of nitrogens with zero attached hydrogens (tertiary/aromatic N) is 2. The molecule has 0 saturated heterocycles. The highest BCUT2D eigenvalue weighted by molar-refractivity contribution is 6.05. The molecule has 1 aliphatic heterocycles. The van der Waals surface area contributed by atoms with E-state index < -0.39 is 5.54 Å². The number of benzene rings is 1. The van der Waals surface area contributed by atoms with Crippen LogP contribution in [0.2, 0.25) is 0 Å². The van der Waals surface area contributed by atoms with Gasteiger partial charge in [0, 0.05) is 18.0 Å². The molecule has 7 heteroatoms. The van der Waals surface area contributed by atoms with E-state index >= 15 is 0 Å². The van der Waals surface area contributed by atoms with E-state index in [1.807, 2.05) is 29.7 Å². The van der Waals surface area contributed by atoms with Gasteiger partial charge >= 0.3 is 0 Å². The summed E-state index contributed by atoms with van der Waals surface area (Å²) in [6.07, 6.45) is 5.13. The van der Waals surface area contributed by atoms with Crippen molar-refractivity contribution in [3.05, 3.63) is 23.9 Å². The smallest absolute Gasteiger partial charge is 0.271 e. The summed E-state index contributed by atoms with van der Waals surface area (Å²) in [5.74, 6) is 1.57. The predicted octanol–water partition coefficient (Wildman–Crippen LogP) is 3.98. The van der Waals surface area contributed by atoms with E-state index in [-0.39, 0.29) is 17.9 Å². The van der Waals surface area contributed by atoms with Gasteiger partial charge in [-0.2, -0.15) is 0 Å². The Morgan fingerprint density at radius 1 is 1.19 bits per heavy atom. The zero-order chi connectivity index (χ0) is 23.0. The van der Waals surface area contributed by atoms with Crippen LogP contribution in [-0.2, 0) is 11.3 Å². The van der Waals surface area contributed by atoms with Gasteiger partial charge < -0.3 is 24.3 Å². The Balaban J connectivity index is 1.82. The van der Waals surface area contributed by atoms with Gasteiger partial charge in [-0.1, -0.05) is 26.7 Å². The van der Waals surface area contributed by atoms with Gasteiger partial charge in [0.05, 0.1) is 26.3 Å². The lowest BCUT2D eigenvalue weighted by atomic mass is 9.93. The van der Waals surface area contributed by atoms with Crippen LogP contribution >= 0.6 is 0 Å². The molecule has 32 heavy (non-hydrogen) atoms. The van der Waals surface area contributed by atoms with Crippen LogP contribution in [0.3, 0.4) is 0 Å². The molecule has 1 aromatic heterocycles. The fourth-order valence-electron chi connectivity index (χ4n) is 5.10. The molecule has 1 N–H and O–H groups in total. The highest BCUT2D eigenvalue weighted by atomic mass is 16.5. The van der Waals surface area contributed by atoms with Crippen LogP contribution in [0.5, 0.6) is 11.5 Å². The number of ether oxygens (including phenoxy) is 2. The third-order valence-corrected chi connectivity index (χ3v) is 7.06. The van der Waals surface area contributed by atoms with E-state index in [1.54, 1.807) is 19.1 Å².